The van der Waals surface area contributed by atoms with Crippen molar-refractivity contribution in [3.8, 4) is 0 Å². The fraction of sp³-hybridized carbons (Fsp3) is 0.529. The van der Waals surface area contributed by atoms with Gasteiger partial charge in [-0.3, -0.25) is 14.5 Å². The predicted octanol–water partition coefficient (Wildman–Crippen LogP) is 2.03. The highest BCUT2D eigenvalue weighted by molar-refractivity contribution is 6.05. The lowest BCUT2D eigenvalue weighted by molar-refractivity contribution is -0.140. The number of hydrogen-bond donors (Lipinski definition) is 1. The number of likely N-dealkylation sites (tertiary alicyclic amines) is 1. The van der Waals surface area contributed by atoms with E-state index >= 15 is 0 Å². The Balaban J connectivity index is 1.72. The van der Waals surface area contributed by atoms with Crippen LogP contribution in [0.5, 0.6) is 0 Å². The summed E-state index contributed by atoms with van der Waals surface area (Å²) in [7, 11) is 0. The van der Waals surface area contributed by atoms with Gasteiger partial charge in [0.2, 0.25) is 11.8 Å². The molecule has 0 spiro atoms. The molecule has 0 aromatic heterocycles. The standard InChI is InChI=1S/C17H22N2O2/c1-10-3-5-12(6-4-10)15(18)9-19-16(20)13-7-11(2)8-14(13)17(19)21/h3-6,11,13-15H,7-9,18H2,1-2H3. The summed E-state index contributed by atoms with van der Waals surface area (Å²) in [5, 5.41) is 0. The fourth-order valence-corrected chi connectivity index (χ4v) is 3.64. The van der Waals surface area contributed by atoms with E-state index in [0.29, 0.717) is 12.5 Å². The van der Waals surface area contributed by atoms with Gasteiger partial charge < -0.3 is 5.73 Å². The summed E-state index contributed by atoms with van der Waals surface area (Å²) < 4.78 is 0. The van der Waals surface area contributed by atoms with Crippen LogP contribution in [0.3, 0.4) is 0 Å². The summed E-state index contributed by atoms with van der Waals surface area (Å²) in [5.74, 6) is 0.241. The molecule has 1 aliphatic carbocycles. The molecule has 4 nitrogen and oxygen atoms in total. The van der Waals surface area contributed by atoms with E-state index in [2.05, 4.69) is 6.92 Å². The molecular formula is C17H22N2O2. The second kappa shape index (κ2) is 5.26. The van der Waals surface area contributed by atoms with Crippen LogP contribution >= 0.6 is 0 Å². The lowest BCUT2D eigenvalue weighted by Gasteiger charge is -2.21. The zero-order valence-corrected chi connectivity index (χ0v) is 12.6. The van der Waals surface area contributed by atoms with Crippen molar-refractivity contribution < 1.29 is 9.59 Å². The Labute approximate surface area is 125 Å². The molecule has 3 atom stereocenters. The van der Waals surface area contributed by atoms with Crippen molar-refractivity contribution in [1.82, 2.24) is 4.90 Å². The van der Waals surface area contributed by atoms with Crippen LogP contribution in [-0.2, 0) is 9.59 Å². The van der Waals surface area contributed by atoms with Crippen LogP contribution in [0, 0.1) is 24.7 Å². The molecule has 3 unspecified atom stereocenters. The Hall–Kier alpha value is -1.68. The molecule has 112 valence electrons. The maximum atomic E-state index is 12.4. The fourth-order valence-electron chi connectivity index (χ4n) is 3.64. The smallest absolute Gasteiger partial charge is 0.233 e. The molecule has 0 radical (unpaired) electrons. The van der Waals surface area contributed by atoms with Crippen molar-refractivity contribution in [2.45, 2.75) is 32.7 Å². The molecule has 1 heterocycles. The maximum Gasteiger partial charge on any atom is 0.233 e. The summed E-state index contributed by atoms with van der Waals surface area (Å²) in [6.07, 6.45) is 1.68. The van der Waals surface area contributed by atoms with Gasteiger partial charge >= 0.3 is 0 Å². The van der Waals surface area contributed by atoms with E-state index in [1.54, 1.807) is 0 Å². The quantitative estimate of drug-likeness (QED) is 0.865. The number of aryl methyl sites for hydroxylation is 1. The highest BCUT2D eigenvalue weighted by atomic mass is 16.2. The van der Waals surface area contributed by atoms with Gasteiger partial charge in [-0.05, 0) is 31.2 Å². The first-order chi connectivity index (χ1) is 9.97. The molecule has 0 bridgehead atoms. The summed E-state index contributed by atoms with van der Waals surface area (Å²) in [6.45, 7) is 4.43. The third-order valence-corrected chi connectivity index (χ3v) is 4.85. The van der Waals surface area contributed by atoms with Crippen LogP contribution in [0.1, 0.15) is 36.9 Å². The number of rotatable bonds is 3. The molecular weight excluding hydrogens is 264 g/mol. The second-order valence-corrected chi connectivity index (χ2v) is 6.59. The van der Waals surface area contributed by atoms with Crippen LogP contribution in [0.25, 0.3) is 0 Å². The van der Waals surface area contributed by atoms with E-state index in [1.165, 1.54) is 10.5 Å². The van der Waals surface area contributed by atoms with Gasteiger partial charge in [0.05, 0.1) is 11.8 Å². The van der Waals surface area contributed by atoms with Crippen LogP contribution in [0.2, 0.25) is 0 Å². The Morgan fingerprint density at radius 2 is 1.67 bits per heavy atom. The van der Waals surface area contributed by atoms with E-state index in [1.807, 2.05) is 31.2 Å². The second-order valence-electron chi connectivity index (χ2n) is 6.59. The molecule has 2 fully saturated rings. The van der Waals surface area contributed by atoms with Gasteiger partial charge in [-0.2, -0.15) is 0 Å². The number of benzene rings is 1. The normalized spacial score (nSPS) is 29.9. The molecule has 1 aromatic carbocycles. The summed E-state index contributed by atoms with van der Waals surface area (Å²) in [5.41, 5.74) is 8.31. The molecule has 1 saturated heterocycles. The zero-order valence-electron chi connectivity index (χ0n) is 12.6. The number of carbonyl (C=O) groups excluding carboxylic acids is 2. The van der Waals surface area contributed by atoms with E-state index in [9.17, 15) is 9.59 Å². The summed E-state index contributed by atoms with van der Waals surface area (Å²) in [4.78, 5) is 26.2. The van der Waals surface area contributed by atoms with E-state index in [0.717, 1.165) is 18.4 Å². The number of amides is 2. The lowest BCUT2D eigenvalue weighted by Crippen LogP contribution is -2.38. The Bertz CT molecular complexity index is 543. The third kappa shape index (κ3) is 2.48. The van der Waals surface area contributed by atoms with Crippen LogP contribution in [0.4, 0.5) is 0 Å². The van der Waals surface area contributed by atoms with Crippen molar-refractivity contribution >= 4 is 11.8 Å². The molecule has 2 aliphatic rings. The molecule has 21 heavy (non-hydrogen) atoms. The van der Waals surface area contributed by atoms with Crippen LogP contribution < -0.4 is 5.73 Å². The van der Waals surface area contributed by atoms with Gasteiger partial charge in [-0.25, -0.2) is 0 Å². The number of nitrogens with zero attached hydrogens (tertiary/aromatic N) is 1. The summed E-state index contributed by atoms with van der Waals surface area (Å²) in [6, 6.07) is 7.62. The monoisotopic (exact) mass is 286 g/mol. The largest absolute Gasteiger partial charge is 0.322 e. The maximum absolute atomic E-state index is 12.4. The number of imide groups is 1. The van der Waals surface area contributed by atoms with Gasteiger partial charge in [0.25, 0.3) is 0 Å². The molecule has 3 rings (SSSR count). The number of nitrogens with two attached hydrogens (primary N) is 1. The molecule has 1 aromatic rings. The minimum absolute atomic E-state index is 0.0167. The minimum atomic E-state index is -0.310. The summed E-state index contributed by atoms with van der Waals surface area (Å²) >= 11 is 0. The van der Waals surface area contributed by atoms with Crippen molar-refractivity contribution in [3.05, 3.63) is 35.4 Å². The third-order valence-electron chi connectivity index (χ3n) is 4.85. The van der Waals surface area contributed by atoms with E-state index in [-0.39, 0.29) is 29.7 Å². The number of fused-ring (bicyclic) bond motifs is 1. The van der Waals surface area contributed by atoms with Crippen molar-refractivity contribution in [3.63, 3.8) is 0 Å². The first-order valence-corrected chi connectivity index (χ1v) is 7.64. The van der Waals surface area contributed by atoms with E-state index in [4.69, 9.17) is 5.73 Å². The lowest BCUT2D eigenvalue weighted by atomic mass is 10.00. The van der Waals surface area contributed by atoms with Crippen LogP contribution in [-0.4, -0.2) is 23.3 Å². The topological polar surface area (TPSA) is 63.4 Å². The minimum Gasteiger partial charge on any atom is -0.322 e. The van der Waals surface area contributed by atoms with Gasteiger partial charge in [0.1, 0.15) is 0 Å². The molecule has 4 heteroatoms. The average Bonchev–Trinajstić information content (AvgIpc) is 2.93. The average molecular weight is 286 g/mol. The van der Waals surface area contributed by atoms with Crippen LogP contribution in [0.15, 0.2) is 24.3 Å². The number of hydrogen-bond acceptors (Lipinski definition) is 3. The van der Waals surface area contributed by atoms with Gasteiger partial charge in [0, 0.05) is 12.6 Å². The molecule has 2 amide bonds. The Morgan fingerprint density at radius 1 is 1.14 bits per heavy atom. The van der Waals surface area contributed by atoms with Gasteiger partial charge in [0.15, 0.2) is 0 Å². The first kappa shape index (κ1) is 14.3. The highest BCUT2D eigenvalue weighted by Gasteiger charge is 2.51. The zero-order chi connectivity index (χ0) is 15.1. The Morgan fingerprint density at radius 3 is 2.19 bits per heavy atom. The van der Waals surface area contributed by atoms with Crippen molar-refractivity contribution in [1.29, 1.82) is 0 Å². The predicted molar refractivity (Wildman–Crippen MR) is 80.2 cm³/mol. The van der Waals surface area contributed by atoms with Crippen molar-refractivity contribution in [2.75, 3.05) is 6.54 Å². The molecule has 1 saturated carbocycles. The van der Waals surface area contributed by atoms with E-state index < -0.39 is 0 Å². The molecule has 2 N–H and O–H groups in total. The first-order valence-electron chi connectivity index (χ1n) is 7.64. The van der Waals surface area contributed by atoms with Gasteiger partial charge in [-0.15, -0.1) is 0 Å². The highest BCUT2D eigenvalue weighted by Crippen LogP contribution is 2.43. The van der Waals surface area contributed by atoms with Crippen molar-refractivity contribution in [2.24, 2.45) is 23.5 Å². The van der Waals surface area contributed by atoms with Gasteiger partial charge in [-0.1, -0.05) is 36.8 Å². The molecule has 1 aliphatic heterocycles. The Kier molecular flexibility index (Phi) is 3.57. The number of carbonyl (C=O) groups is 2. The SMILES string of the molecule is Cc1ccc(C(N)CN2C(=O)C3CC(C)CC3C2=O)cc1.